The Hall–Kier alpha value is -2.76. The molecule has 4 nitrogen and oxygen atoms in total. The molecule has 1 amide bonds. The zero-order chi connectivity index (χ0) is 15.6. The Labute approximate surface area is 119 Å². The second-order valence-electron chi connectivity index (χ2n) is 4.44. The summed E-state index contributed by atoms with van der Waals surface area (Å²) in [5, 5.41) is 2.49. The lowest BCUT2D eigenvalue weighted by molar-refractivity contribution is 0.101. The van der Waals surface area contributed by atoms with Crippen LogP contribution in [0, 0.1) is 11.6 Å². The van der Waals surface area contributed by atoms with Gasteiger partial charge in [0, 0.05) is 23.0 Å². The van der Waals surface area contributed by atoms with Crippen LogP contribution in [-0.4, -0.2) is 11.7 Å². The molecule has 2 aromatic carbocycles. The quantitative estimate of drug-likeness (QED) is 0.674. The van der Waals surface area contributed by atoms with Crippen LogP contribution < -0.4 is 11.1 Å². The van der Waals surface area contributed by atoms with E-state index in [9.17, 15) is 18.4 Å². The monoisotopic (exact) mass is 290 g/mol. The zero-order valence-electron chi connectivity index (χ0n) is 11.1. The number of nitrogens with one attached hydrogen (secondary N) is 1. The van der Waals surface area contributed by atoms with E-state index in [0.29, 0.717) is 11.3 Å². The highest BCUT2D eigenvalue weighted by molar-refractivity contribution is 6.07. The van der Waals surface area contributed by atoms with E-state index >= 15 is 0 Å². The van der Waals surface area contributed by atoms with Crippen LogP contribution >= 0.6 is 0 Å². The Morgan fingerprint density at radius 2 is 1.62 bits per heavy atom. The number of nitrogen functional groups attached to an aromatic ring is 1. The smallest absolute Gasteiger partial charge is 0.257 e. The van der Waals surface area contributed by atoms with Crippen molar-refractivity contribution >= 4 is 23.1 Å². The maximum Gasteiger partial charge on any atom is 0.257 e. The normalized spacial score (nSPS) is 10.2. The number of nitrogens with two attached hydrogens (primary N) is 1. The summed E-state index contributed by atoms with van der Waals surface area (Å²) >= 11 is 0. The van der Waals surface area contributed by atoms with Gasteiger partial charge in [-0.05, 0) is 37.3 Å². The molecule has 0 aliphatic carbocycles. The van der Waals surface area contributed by atoms with Gasteiger partial charge in [0.15, 0.2) is 17.4 Å². The van der Waals surface area contributed by atoms with Crippen LogP contribution in [0.25, 0.3) is 0 Å². The van der Waals surface area contributed by atoms with Gasteiger partial charge in [-0.3, -0.25) is 9.59 Å². The lowest BCUT2D eigenvalue weighted by atomic mass is 10.1. The highest BCUT2D eigenvalue weighted by Crippen LogP contribution is 2.19. The van der Waals surface area contributed by atoms with Crippen LogP contribution in [0.5, 0.6) is 0 Å². The number of hydrogen-bond donors (Lipinski definition) is 2. The molecule has 3 N–H and O–H groups in total. The van der Waals surface area contributed by atoms with Gasteiger partial charge in [0.05, 0.1) is 5.56 Å². The van der Waals surface area contributed by atoms with Crippen molar-refractivity contribution in [3.63, 3.8) is 0 Å². The largest absolute Gasteiger partial charge is 0.398 e. The summed E-state index contributed by atoms with van der Waals surface area (Å²) in [5.41, 5.74) is 6.09. The van der Waals surface area contributed by atoms with Crippen molar-refractivity contribution in [3.8, 4) is 0 Å². The molecule has 0 radical (unpaired) electrons. The molecule has 6 heteroatoms. The first-order chi connectivity index (χ1) is 9.88. The van der Waals surface area contributed by atoms with Gasteiger partial charge < -0.3 is 11.1 Å². The lowest BCUT2D eigenvalue weighted by Gasteiger charge is -2.08. The third kappa shape index (κ3) is 3.22. The van der Waals surface area contributed by atoms with Crippen LogP contribution in [0.2, 0.25) is 0 Å². The maximum absolute atomic E-state index is 13.2. The van der Waals surface area contributed by atoms with Gasteiger partial charge in [-0.15, -0.1) is 0 Å². The summed E-state index contributed by atoms with van der Waals surface area (Å²) in [6.07, 6.45) is 0. The first-order valence-corrected chi connectivity index (χ1v) is 6.05. The van der Waals surface area contributed by atoms with Crippen molar-refractivity contribution in [1.82, 2.24) is 0 Å². The maximum atomic E-state index is 13.2. The van der Waals surface area contributed by atoms with Gasteiger partial charge in [0.25, 0.3) is 5.91 Å². The minimum absolute atomic E-state index is 0.0993. The second-order valence-corrected chi connectivity index (χ2v) is 4.44. The highest BCUT2D eigenvalue weighted by atomic mass is 19.2. The van der Waals surface area contributed by atoms with E-state index in [4.69, 9.17) is 5.73 Å². The summed E-state index contributed by atoms with van der Waals surface area (Å²) in [6, 6.07) is 7.65. The molecule has 2 rings (SSSR count). The Bertz CT molecular complexity index is 712. The van der Waals surface area contributed by atoms with E-state index in [2.05, 4.69) is 5.32 Å². The molecule has 0 saturated heterocycles. The van der Waals surface area contributed by atoms with Crippen LogP contribution in [0.3, 0.4) is 0 Å². The topological polar surface area (TPSA) is 72.2 Å². The molecule has 0 saturated carbocycles. The number of anilines is 2. The minimum atomic E-state index is -1.15. The van der Waals surface area contributed by atoms with Crippen LogP contribution in [0.15, 0.2) is 36.4 Å². The van der Waals surface area contributed by atoms with E-state index in [1.807, 2.05) is 0 Å². The Kier molecular flexibility index (Phi) is 3.98. The molecule has 108 valence electrons. The summed E-state index contributed by atoms with van der Waals surface area (Å²) in [6.45, 7) is 1.43. The first kappa shape index (κ1) is 14.6. The van der Waals surface area contributed by atoms with Gasteiger partial charge in [0.2, 0.25) is 0 Å². The number of ketones is 1. The van der Waals surface area contributed by atoms with Crippen LogP contribution in [0.1, 0.15) is 27.6 Å². The van der Waals surface area contributed by atoms with Crippen molar-refractivity contribution < 1.29 is 18.4 Å². The molecular weight excluding hydrogens is 278 g/mol. The Morgan fingerprint density at radius 1 is 1.05 bits per heavy atom. The molecule has 0 bridgehead atoms. The fourth-order valence-corrected chi connectivity index (χ4v) is 1.75. The van der Waals surface area contributed by atoms with E-state index < -0.39 is 17.5 Å². The molecule has 2 aromatic rings. The fourth-order valence-electron chi connectivity index (χ4n) is 1.75. The van der Waals surface area contributed by atoms with Crippen molar-refractivity contribution in [2.75, 3.05) is 11.1 Å². The zero-order valence-corrected chi connectivity index (χ0v) is 11.1. The van der Waals surface area contributed by atoms with Crippen molar-refractivity contribution in [2.45, 2.75) is 6.92 Å². The molecule has 0 atom stereocenters. The van der Waals surface area contributed by atoms with Crippen molar-refractivity contribution in [3.05, 3.63) is 59.2 Å². The average Bonchev–Trinajstić information content (AvgIpc) is 2.43. The Balaban J connectivity index is 2.22. The van der Waals surface area contributed by atoms with Gasteiger partial charge >= 0.3 is 0 Å². The summed E-state index contributed by atoms with van der Waals surface area (Å²) < 4.78 is 26.1. The predicted octanol–water partition coefficient (Wildman–Crippen LogP) is 3.00. The second kappa shape index (κ2) is 5.70. The van der Waals surface area contributed by atoms with Crippen molar-refractivity contribution in [2.24, 2.45) is 0 Å². The third-order valence-electron chi connectivity index (χ3n) is 2.89. The number of amides is 1. The molecule has 0 unspecified atom stereocenters. The van der Waals surface area contributed by atoms with Crippen LogP contribution in [-0.2, 0) is 0 Å². The molecule has 0 fully saturated rings. The molecule has 0 aromatic heterocycles. The van der Waals surface area contributed by atoms with Gasteiger partial charge in [-0.2, -0.15) is 0 Å². The number of benzene rings is 2. The lowest BCUT2D eigenvalue weighted by Crippen LogP contribution is -2.15. The SMILES string of the molecule is CC(=O)c1ccc(NC(=O)c2cc(F)c(F)cc2N)cc1. The van der Waals surface area contributed by atoms with Gasteiger partial charge in [-0.1, -0.05) is 0 Å². The summed E-state index contributed by atoms with van der Waals surface area (Å²) in [5.74, 6) is -3.03. The van der Waals surface area contributed by atoms with Gasteiger partial charge in [-0.25, -0.2) is 8.78 Å². The number of carbonyl (C=O) groups is 2. The molecule has 0 aliphatic heterocycles. The highest BCUT2D eigenvalue weighted by Gasteiger charge is 2.14. The molecule has 0 aliphatic rings. The van der Waals surface area contributed by atoms with E-state index in [1.54, 1.807) is 12.1 Å². The Morgan fingerprint density at radius 3 is 2.19 bits per heavy atom. The number of Topliss-reactive ketones (excluding diaryl/α,β-unsaturated/α-hetero) is 1. The average molecular weight is 290 g/mol. The number of carbonyl (C=O) groups excluding carboxylic acids is 2. The minimum Gasteiger partial charge on any atom is -0.398 e. The summed E-state index contributed by atoms with van der Waals surface area (Å²) in [4.78, 5) is 23.1. The fraction of sp³-hybridized carbons (Fsp3) is 0.0667. The van der Waals surface area contributed by atoms with E-state index in [1.165, 1.54) is 19.1 Å². The molecular formula is C15H12F2N2O2. The van der Waals surface area contributed by atoms with Crippen molar-refractivity contribution in [1.29, 1.82) is 0 Å². The molecule has 21 heavy (non-hydrogen) atoms. The summed E-state index contributed by atoms with van der Waals surface area (Å²) in [7, 11) is 0. The first-order valence-electron chi connectivity index (χ1n) is 6.05. The third-order valence-corrected chi connectivity index (χ3v) is 2.89. The number of hydrogen-bond acceptors (Lipinski definition) is 3. The van der Waals surface area contributed by atoms with E-state index in [-0.39, 0.29) is 17.0 Å². The van der Waals surface area contributed by atoms with E-state index in [0.717, 1.165) is 12.1 Å². The number of halogens is 2. The van der Waals surface area contributed by atoms with Crippen LogP contribution in [0.4, 0.5) is 20.2 Å². The molecule has 0 spiro atoms. The predicted molar refractivity (Wildman–Crippen MR) is 75.2 cm³/mol. The van der Waals surface area contributed by atoms with Gasteiger partial charge in [0.1, 0.15) is 0 Å². The molecule has 0 heterocycles. The number of rotatable bonds is 3. The standard InChI is InChI=1S/C15H12F2N2O2/c1-8(20)9-2-4-10(5-3-9)19-15(21)11-6-12(16)13(17)7-14(11)18/h2-7H,18H2,1H3,(H,19,21).